The molecule has 1 amide bonds. The third kappa shape index (κ3) is 3.19. The Morgan fingerprint density at radius 3 is 2.58 bits per heavy atom. The van der Waals surface area contributed by atoms with Crippen LogP contribution in [-0.4, -0.2) is 29.2 Å². The molecule has 0 fully saturated rings. The maximum Gasteiger partial charge on any atom is 0.240 e. The third-order valence-electron chi connectivity index (χ3n) is 1.90. The Balaban J connectivity index is 4.03. The fraction of sp³-hybridized carbons (Fsp3) is 0.875. The number of nitrogens with one attached hydrogen (secondary N) is 1. The topological polar surface area (TPSA) is 75.4 Å². The Labute approximate surface area is 73.1 Å². The van der Waals surface area contributed by atoms with Crippen molar-refractivity contribution in [2.45, 2.75) is 38.8 Å². The van der Waals surface area contributed by atoms with Crippen LogP contribution in [0.15, 0.2) is 0 Å². The van der Waals surface area contributed by atoms with Crippen molar-refractivity contribution in [3.05, 3.63) is 0 Å². The van der Waals surface area contributed by atoms with Crippen LogP contribution in [0.25, 0.3) is 0 Å². The number of hydrogen-bond donors (Lipinski definition) is 3. The van der Waals surface area contributed by atoms with Gasteiger partial charge in [0.2, 0.25) is 5.91 Å². The first-order chi connectivity index (χ1) is 5.44. The Morgan fingerprint density at radius 2 is 2.25 bits per heavy atom. The molecule has 0 aliphatic rings. The van der Waals surface area contributed by atoms with E-state index >= 15 is 0 Å². The quantitative estimate of drug-likeness (QED) is 0.543. The monoisotopic (exact) mass is 174 g/mol. The molecule has 0 aliphatic heterocycles. The summed E-state index contributed by atoms with van der Waals surface area (Å²) in [7, 11) is 0. The smallest absolute Gasteiger partial charge is 0.240 e. The van der Waals surface area contributed by atoms with Crippen LogP contribution < -0.4 is 11.1 Å². The normalized spacial score (nSPS) is 18.1. The fourth-order valence-corrected chi connectivity index (χ4v) is 0.595. The van der Waals surface area contributed by atoms with Gasteiger partial charge >= 0.3 is 0 Å². The average molecular weight is 174 g/mol. The highest BCUT2D eigenvalue weighted by atomic mass is 16.3. The highest BCUT2D eigenvalue weighted by Gasteiger charge is 2.26. The van der Waals surface area contributed by atoms with Crippen molar-refractivity contribution in [3.8, 4) is 0 Å². The first-order valence-corrected chi connectivity index (χ1v) is 4.14. The van der Waals surface area contributed by atoms with Gasteiger partial charge in [0, 0.05) is 6.04 Å². The number of carbonyl (C=O) groups is 1. The van der Waals surface area contributed by atoms with Crippen molar-refractivity contribution in [1.82, 2.24) is 5.32 Å². The van der Waals surface area contributed by atoms with Crippen molar-refractivity contribution in [2.75, 3.05) is 6.61 Å². The number of aliphatic hydroxyl groups is 1. The van der Waals surface area contributed by atoms with E-state index in [0.29, 0.717) is 6.42 Å². The van der Waals surface area contributed by atoms with Crippen LogP contribution in [-0.2, 0) is 4.79 Å². The van der Waals surface area contributed by atoms with E-state index in [-0.39, 0.29) is 18.6 Å². The summed E-state index contributed by atoms with van der Waals surface area (Å²) < 4.78 is 0. The van der Waals surface area contributed by atoms with Crippen molar-refractivity contribution < 1.29 is 9.90 Å². The summed E-state index contributed by atoms with van der Waals surface area (Å²) in [6.07, 6.45) is 0.580. The number of nitrogens with two attached hydrogens (primary N) is 1. The zero-order valence-corrected chi connectivity index (χ0v) is 7.92. The second kappa shape index (κ2) is 4.42. The molecule has 0 aromatic carbocycles. The van der Waals surface area contributed by atoms with E-state index in [1.165, 1.54) is 0 Å². The van der Waals surface area contributed by atoms with Crippen LogP contribution in [0, 0.1) is 0 Å². The summed E-state index contributed by atoms with van der Waals surface area (Å²) in [5, 5.41) is 11.3. The molecule has 2 unspecified atom stereocenters. The van der Waals surface area contributed by atoms with Crippen LogP contribution in [0.5, 0.6) is 0 Å². The Hall–Kier alpha value is -0.610. The average Bonchev–Trinajstić information content (AvgIpc) is 2.04. The van der Waals surface area contributed by atoms with Gasteiger partial charge in [0.05, 0.1) is 12.1 Å². The lowest BCUT2D eigenvalue weighted by atomic mass is 9.99. The van der Waals surface area contributed by atoms with Gasteiger partial charge in [-0.3, -0.25) is 4.79 Å². The summed E-state index contributed by atoms with van der Waals surface area (Å²) >= 11 is 0. The van der Waals surface area contributed by atoms with E-state index in [0.717, 1.165) is 0 Å². The summed E-state index contributed by atoms with van der Waals surface area (Å²) in [6, 6.07) is -0.230. The molecule has 4 nitrogen and oxygen atoms in total. The molecule has 0 rings (SSSR count). The minimum Gasteiger partial charge on any atom is -0.394 e. The minimum absolute atomic E-state index is 0.0640. The minimum atomic E-state index is -0.830. The molecule has 72 valence electrons. The zero-order chi connectivity index (χ0) is 9.78. The van der Waals surface area contributed by atoms with Gasteiger partial charge in [-0.1, -0.05) is 6.92 Å². The zero-order valence-electron chi connectivity index (χ0n) is 7.92. The summed E-state index contributed by atoms with van der Waals surface area (Å²) in [4.78, 5) is 11.3. The Morgan fingerprint density at radius 1 is 1.75 bits per heavy atom. The number of hydrogen-bond acceptors (Lipinski definition) is 3. The number of rotatable bonds is 4. The molecule has 0 spiro atoms. The van der Waals surface area contributed by atoms with Gasteiger partial charge in [-0.2, -0.15) is 0 Å². The van der Waals surface area contributed by atoms with Gasteiger partial charge in [-0.15, -0.1) is 0 Å². The standard InChI is InChI=1S/C8H18N2O2/c1-4-8(3,9)7(12)10-6(2)5-11/h6,11H,4-5,9H2,1-3H3,(H,10,12). The lowest BCUT2D eigenvalue weighted by Gasteiger charge is -2.23. The Kier molecular flexibility index (Phi) is 4.20. The molecular formula is C8H18N2O2. The highest BCUT2D eigenvalue weighted by molar-refractivity contribution is 5.85. The van der Waals surface area contributed by atoms with Crippen LogP contribution >= 0.6 is 0 Å². The van der Waals surface area contributed by atoms with Crippen LogP contribution in [0.2, 0.25) is 0 Å². The van der Waals surface area contributed by atoms with E-state index in [9.17, 15) is 4.79 Å². The molecular weight excluding hydrogens is 156 g/mol. The van der Waals surface area contributed by atoms with Crippen molar-refractivity contribution in [2.24, 2.45) is 5.73 Å². The molecule has 4 heteroatoms. The van der Waals surface area contributed by atoms with Gasteiger partial charge < -0.3 is 16.2 Å². The van der Waals surface area contributed by atoms with Gasteiger partial charge in [-0.25, -0.2) is 0 Å². The second-order valence-corrected chi connectivity index (χ2v) is 3.33. The van der Waals surface area contributed by atoms with Crippen molar-refractivity contribution >= 4 is 5.91 Å². The number of amides is 1. The lowest BCUT2D eigenvalue weighted by Crippen LogP contribution is -2.53. The summed E-state index contributed by atoms with van der Waals surface area (Å²) in [6.45, 7) is 5.19. The largest absolute Gasteiger partial charge is 0.394 e. The van der Waals surface area contributed by atoms with E-state index in [2.05, 4.69) is 5.32 Å². The molecule has 0 saturated carbocycles. The van der Waals surface area contributed by atoms with Gasteiger partial charge in [0.1, 0.15) is 0 Å². The summed E-state index contributed by atoms with van der Waals surface area (Å²) in [5.41, 5.74) is 4.84. The van der Waals surface area contributed by atoms with Crippen LogP contribution in [0.3, 0.4) is 0 Å². The number of carbonyl (C=O) groups excluding carboxylic acids is 1. The molecule has 2 atom stereocenters. The predicted molar refractivity (Wildman–Crippen MR) is 47.6 cm³/mol. The lowest BCUT2D eigenvalue weighted by molar-refractivity contribution is -0.126. The van der Waals surface area contributed by atoms with E-state index in [4.69, 9.17) is 10.8 Å². The first-order valence-electron chi connectivity index (χ1n) is 4.14. The van der Waals surface area contributed by atoms with Gasteiger partial charge in [0.25, 0.3) is 0 Å². The van der Waals surface area contributed by atoms with Crippen LogP contribution in [0.4, 0.5) is 0 Å². The first kappa shape index (κ1) is 11.4. The van der Waals surface area contributed by atoms with E-state index in [1.54, 1.807) is 13.8 Å². The van der Waals surface area contributed by atoms with Gasteiger partial charge in [0.15, 0.2) is 0 Å². The third-order valence-corrected chi connectivity index (χ3v) is 1.90. The Bertz CT molecular complexity index is 157. The van der Waals surface area contributed by atoms with E-state index < -0.39 is 5.54 Å². The van der Waals surface area contributed by atoms with Crippen molar-refractivity contribution in [3.63, 3.8) is 0 Å². The molecule has 4 N–H and O–H groups in total. The molecule has 12 heavy (non-hydrogen) atoms. The SMILES string of the molecule is CCC(C)(N)C(=O)NC(C)CO. The number of aliphatic hydroxyl groups excluding tert-OH is 1. The maximum atomic E-state index is 11.3. The van der Waals surface area contributed by atoms with Crippen LogP contribution in [0.1, 0.15) is 27.2 Å². The molecule has 0 saturated heterocycles. The summed E-state index contributed by atoms with van der Waals surface area (Å²) in [5.74, 6) is -0.216. The molecule has 0 bridgehead atoms. The molecule has 0 heterocycles. The predicted octanol–water partition coefficient (Wildman–Crippen LogP) is -0.389. The van der Waals surface area contributed by atoms with E-state index in [1.807, 2.05) is 6.92 Å². The molecule has 0 radical (unpaired) electrons. The maximum absolute atomic E-state index is 11.3. The molecule has 0 aromatic heterocycles. The van der Waals surface area contributed by atoms with Gasteiger partial charge in [-0.05, 0) is 20.3 Å². The fourth-order valence-electron chi connectivity index (χ4n) is 0.595. The second-order valence-electron chi connectivity index (χ2n) is 3.33. The highest BCUT2D eigenvalue weighted by Crippen LogP contribution is 2.04. The molecule has 0 aliphatic carbocycles. The molecule has 0 aromatic rings. The van der Waals surface area contributed by atoms with Crippen molar-refractivity contribution in [1.29, 1.82) is 0 Å².